The fraction of sp³-hybridized carbons (Fsp3) is 0.750. The Kier molecular flexibility index (Phi) is 3.98. The Morgan fingerprint density at radius 2 is 1.83 bits per heavy atom. The molecule has 102 valence electrons. The first-order chi connectivity index (χ1) is 8.53. The molecule has 2 saturated heterocycles. The third-order valence-electron chi connectivity index (χ3n) is 5.32. The molecule has 0 aromatic carbocycles. The summed E-state index contributed by atoms with van der Waals surface area (Å²) >= 11 is 0. The Labute approximate surface area is 113 Å². The van der Waals surface area contributed by atoms with Gasteiger partial charge in [0.2, 0.25) is 0 Å². The zero-order valence-corrected chi connectivity index (χ0v) is 12.3. The van der Waals surface area contributed by atoms with Gasteiger partial charge < -0.3 is 8.97 Å². The van der Waals surface area contributed by atoms with Crippen molar-refractivity contribution in [2.75, 3.05) is 46.8 Å². The van der Waals surface area contributed by atoms with Crippen LogP contribution in [0.3, 0.4) is 0 Å². The molecule has 2 heteroatoms. The fourth-order valence-electron chi connectivity index (χ4n) is 4.29. The summed E-state index contributed by atoms with van der Waals surface area (Å²) in [4.78, 5) is 0. The number of likely N-dealkylation sites (tertiary alicyclic amines) is 2. The van der Waals surface area contributed by atoms with Gasteiger partial charge >= 0.3 is 0 Å². The molecule has 2 heterocycles. The molecule has 2 aliphatic heterocycles. The SMILES string of the molecule is C=CC[N+]1(C)CCC(C(C=C)[N+]2(C)CCCC2)C1. The summed E-state index contributed by atoms with van der Waals surface area (Å²) in [6.45, 7) is 14.5. The Hall–Kier alpha value is -0.600. The van der Waals surface area contributed by atoms with Gasteiger partial charge in [-0.25, -0.2) is 0 Å². The molecule has 2 aliphatic rings. The standard InChI is InChI=1S/C16H30N2/c1-5-10-17(3)13-9-15(14-17)16(6-2)18(4)11-7-8-12-18/h5-6,15-16H,1-2,7-14H2,3-4H3/q+2. The summed E-state index contributed by atoms with van der Waals surface area (Å²) < 4.78 is 2.42. The van der Waals surface area contributed by atoms with Crippen molar-refractivity contribution in [2.24, 2.45) is 5.92 Å². The summed E-state index contributed by atoms with van der Waals surface area (Å²) in [6, 6.07) is 0.664. The lowest BCUT2D eigenvalue weighted by atomic mass is 9.96. The van der Waals surface area contributed by atoms with Crippen LogP contribution in [0.15, 0.2) is 25.3 Å². The van der Waals surface area contributed by atoms with Gasteiger partial charge in [0.15, 0.2) is 0 Å². The number of hydrogen-bond donors (Lipinski definition) is 0. The summed E-state index contributed by atoms with van der Waals surface area (Å²) in [5.74, 6) is 0.815. The highest BCUT2D eigenvalue weighted by Gasteiger charge is 2.45. The van der Waals surface area contributed by atoms with Crippen LogP contribution in [-0.2, 0) is 0 Å². The van der Waals surface area contributed by atoms with Crippen LogP contribution in [0.2, 0.25) is 0 Å². The van der Waals surface area contributed by atoms with E-state index in [0.29, 0.717) is 6.04 Å². The maximum atomic E-state index is 4.15. The second kappa shape index (κ2) is 5.18. The molecule has 0 radical (unpaired) electrons. The Morgan fingerprint density at radius 1 is 1.17 bits per heavy atom. The molecule has 2 rings (SSSR count). The van der Waals surface area contributed by atoms with Crippen molar-refractivity contribution in [2.45, 2.75) is 25.3 Å². The summed E-state index contributed by atoms with van der Waals surface area (Å²) in [5, 5.41) is 0. The van der Waals surface area contributed by atoms with Gasteiger partial charge in [-0.3, -0.25) is 0 Å². The molecule has 0 N–H and O–H groups in total. The lowest BCUT2D eigenvalue weighted by Gasteiger charge is -2.39. The van der Waals surface area contributed by atoms with Gasteiger partial charge in [0, 0.05) is 19.3 Å². The lowest BCUT2D eigenvalue weighted by Crippen LogP contribution is -2.53. The van der Waals surface area contributed by atoms with E-state index in [0.717, 1.165) is 12.5 Å². The number of quaternary nitrogens is 2. The molecule has 0 saturated carbocycles. The highest BCUT2D eigenvalue weighted by atomic mass is 15.4. The highest BCUT2D eigenvalue weighted by molar-refractivity contribution is 4.90. The van der Waals surface area contributed by atoms with Crippen molar-refractivity contribution in [1.29, 1.82) is 0 Å². The van der Waals surface area contributed by atoms with E-state index in [2.05, 4.69) is 39.4 Å². The second-order valence-electron chi connectivity index (χ2n) is 6.91. The molecule has 0 aromatic heterocycles. The number of rotatable bonds is 5. The maximum absolute atomic E-state index is 4.15. The van der Waals surface area contributed by atoms with Gasteiger partial charge in [0.25, 0.3) is 0 Å². The van der Waals surface area contributed by atoms with E-state index in [-0.39, 0.29) is 0 Å². The first kappa shape index (κ1) is 13.8. The van der Waals surface area contributed by atoms with Crippen molar-refractivity contribution in [3.8, 4) is 0 Å². The van der Waals surface area contributed by atoms with E-state index in [9.17, 15) is 0 Å². The van der Waals surface area contributed by atoms with Crippen molar-refractivity contribution in [3.05, 3.63) is 25.3 Å². The molecule has 18 heavy (non-hydrogen) atoms. The van der Waals surface area contributed by atoms with Crippen molar-refractivity contribution in [3.63, 3.8) is 0 Å². The monoisotopic (exact) mass is 250 g/mol. The molecule has 3 unspecified atom stereocenters. The normalized spacial score (nSPS) is 36.4. The Morgan fingerprint density at radius 3 is 2.39 bits per heavy atom. The quantitative estimate of drug-likeness (QED) is 0.519. The molecular weight excluding hydrogens is 220 g/mol. The van der Waals surface area contributed by atoms with Crippen LogP contribution >= 0.6 is 0 Å². The third-order valence-corrected chi connectivity index (χ3v) is 5.32. The van der Waals surface area contributed by atoms with Crippen molar-refractivity contribution in [1.82, 2.24) is 0 Å². The van der Waals surface area contributed by atoms with Gasteiger partial charge in [-0.05, 0) is 12.2 Å². The molecule has 0 bridgehead atoms. The van der Waals surface area contributed by atoms with Gasteiger partial charge in [0.1, 0.15) is 6.04 Å². The van der Waals surface area contributed by atoms with Crippen LogP contribution in [0.1, 0.15) is 19.3 Å². The van der Waals surface area contributed by atoms with Crippen LogP contribution in [0.4, 0.5) is 0 Å². The topological polar surface area (TPSA) is 0 Å². The fourth-order valence-corrected chi connectivity index (χ4v) is 4.29. The molecule has 0 spiro atoms. The molecular formula is C16H30N2+2. The summed E-state index contributed by atoms with van der Waals surface area (Å²) in [5.41, 5.74) is 0. The largest absolute Gasteiger partial charge is 0.322 e. The van der Waals surface area contributed by atoms with Crippen LogP contribution in [-0.4, -0.2) is 61.8 Å². The summed E-state index contributed by atoms with van der Waals surface area (Å²) in [6.07, 6.45) is 8.48. The van der Waals surface area contributed by atoms with Crippen molar-refractivity contribution >= 4 is 0 Å². The van der Waals surface area contributed by atoms with E-state index < -0.39 is 0 Å². The Bertz CT molecular complexity index is 317. The zero-order valence-electron chi connectivity index (χ0n) is 12.3. The van der Waals surface area contributed by atoms with Gasteiger partial charge in [0.05, 0.1) is 52.7 Å². The van der Waals surface area contributed by atoms with E-state index in [1.165, 1.54) is 54.4 Å². The molecule has 3 atom stereocenters. The summed E-state index contributed by atoms with van der Waals surface area (Å²) in [7, 11) is 4.82. The van der Waals surface area contributed by atoms with E-state index in [1.807, 2.05) is 0 Å². The first-order valence-corrected chi connectivity index (χ1v) is 7.44. The lowest BCUT2D eigenvalue weighted by molar-refractivity contribution is -0.926. The minimum atomic E-state index is 0.664. The smallest absolute Gasteiger partial charge is 0.116 e. The van der Waals surface area contributed by atoms with Crippen LogP contribution in [0.25, 0.3) is 0 Å². The minimum Gasteiger partial charge on any atom is -0.322 e. The van der Waals surface area contributed by atoms with E-state index >= 15 is 0 Å². The molecule has 0 aromatic rings. The number of hydrogen-bond acceptors (Lipinski definition) is 0. The van der Waals surface area contributed by atoms with Crippen LogP contribution in [0.5, 0.6) is 0 Å². The molecule has 0 aliphatic carbocycles. The van der Waals surface area contributed by atoms with Crippen LogP contribution < -0.4 is 0 Å². The van der Waals surface area contributed by atoms with Crippen LogP contribution in [0, 0.1) is 5.92 Å². The van der Waals surface area contributed by atoms with E-state index in [4.69, 9.17) is 0 Å². The van der Waals surface area contributed by atoms with Gasteiger partial charge in [-0.2, -0.15) is 0 Å². The molecule has 0 amide bonds. The zero-order chi connectivity index (χ0) is 13.2. The van der Waals surface area contributed by atoms with E-state index in [1.54, 1.807) is 0 Å². The number of nitrogens with zero attached hydrogens (tertiary/aromatic N) is 2. The first-order valence-electron chi connectivity index (χ1n) is 7.44. The Balaban J connectivity index is 2.06. The minimum absolute atomic E-state index is 0.664. The second-order valence-corrected chi connectivity index (χ2v) is 6.91. The molecule has 2 fully saturated rings. The van der Waals surface area contributed by atoms with Gasteiger partial charge in [-0.15, -0.1) is 0 Å². The number of likely N-dealkylation sites (N-methyl/N-ethyl adjacent to an activating group) is 2. The maximum Gasteiger partial charge on any atom is 0.116 e. The van der Waals surface area contributed by atoms with Gasteiger partial charge in [-0.1, -0.05) is 13.2 Å². The highest BCUT2D eigenvalue weighted by Crippen LogP contribution is 2.33. The third kappa shape index (κ3) is 2.55. The predicted octanol–water partition coefficient (Wildman–Crippen LogP) is 2.43. The average molecular weight is 250 g/mol. The van der Waals surface area contributed by atoms with Crippen molar-refractivity contribution < 1.29 is 8.97 Å². The molecule has 2 nitrogen and oxygen atoms in total. The predicted molar refractivity (Wildman–Crippen MR) is 78.2 cm³/mol. The average Bonchev–Trinajstić information content (AvgIpc) is 2.89.